The monoisotopic (exact) mass is 776 g/mol. The summed E-state index contributed by atoms with van der Waals surface area (Å²) in [6, 6.07) is 77.7. The van der Waals surface area contributed by atoms with Crippen molar-refractivity contribution >= 4 is 54.1 Å². The molecule has 2 heterocycles. The molecule has 0 aliphatic heterocycles. The first-order chi connectivity index (χ1) is 30.2. The van der Waals surface area contributed by atoms with Crippen molar-refractivity contribution in [1.29, 1.82) is 0 Å². The van der Waals surface area contributed by atoms with Gasteiger partial charge in [-0.2, -0.15) is 0 Å². The molecule has 0 aliphatic rings. The van der Waals surface area contributed by atoms with Gasteiger partial charge in [0.2, 0.25) is 0 Å². The Kier molecular flexibility index (Phi) is 8.13. The molecule has 4 nitrogen and oxygen atoms in total. The minimum atomic E-state index is 0.642. The molecule has 0 N–H and O–H groups in total. The zero-order valence-electron chi connectivity index (χ0n) is 33.1. The van der Waals surface area contributed by atoms with Crippen molar-refractivity contribution in [3.63, 3.8) is 0 Å². The summed E-state index contributed by atoms with van der Waals surface area (Å²) >= 11 is 0. The third-order valence-electron chi connectivity index (χ3n) is 12.0. The van der Waals surface area contributed by atoms with Gasteiger partial charge in [-0.3, -0.25) is 0 Å². The van der Waals surface area contributed by atoms with Crippen molar-refractivity contribution in [2.75, 3.05) is 0 Å². The normalized spacial score (nSPS) is 11.6. The van der Waals surface area contributed by atoms with Crippen LogP contribution in [0, 0.1) is 0 Å². The van der Waals surface area contributed by atoms with E-state index in [1.165, 1.54) is 71.0 Å². The summed E-state index contributed by atoms with van der Waals surface area (Å²) < 4.78 is 2.39. The second-order valence-corrected chi connectivity index (χ2v) is 15.6. The molecule has 0 amide bonds. The Balaban J connectivity index is 1.04. The van der Waals surface area contributed by atoms with Gasteiger partial charge in [0.1, 0.15) is 0 Å². The van der Waals surface area contributed by atoms with E-state index in [0.29, 0.717) is 17.5 Å². The molecule has 0 aliphatic carbocycles. The Morgan fingerprint density at radius 2 is 0.721 bits per heavy atom. The third kappa shape index (κ3) is 5.88. The second kappa shape index (κ2) is 14.3. The number of hydrogen-bond donors (Lipinski definition) is 0. The van der Waals surface area contributed by atoms with Crippen LogP contribution in [0.15, 0.2) is 218 Å². The van der Waals surface area contributed by atoms with E-state index >= 15 is 0 Å². The van der Waals surface area contributed by atoms with Crippen LogP contribution in [-0.4, -0.2) is 19.5 Å². The van der Waals surface area contributed by atoms with Crippen LogP contribution in [-0.2, 0) is 0 Å². The van der Waals surface area contributed by atoms with Crippen molar-refractivity contribution < 1.29 is 0 Å². The van der Waals surface area contributed by atoms with Crippen molar-refractivity contribution in [3.8, 4) is 62.1 Å². The third-order valence-corrected chi connectivity index (χ3v) is 12.0. The Labute approximate surface area is 352 Å². The molecule has 0 fully saturated rings. The number of benzene rings is 10. The van der Waals surface area contributed by atoms with Crippen LogP contribution >= 0.6 is 0 Å². The minimum absolute atomic E-state index is 0.642. The molecule has 10 aromatic carbocycles. The smallest absolute Gasteiger partial charge is 0.164 e. The van der Waals surface area contributed by atoms with Gasteiger partial charge in [-0.05, 0) is 91.0 Å². The maximum Gasteiger partial charge on any atom is 0.164 e. The molecule has 61 heavy (non-hydrogen) atoms. The molecular formula is C57H36N4. The van der Waals surface area contributed by atoms with E-state index in [4.69, 9.17) is 15.0 Å². The summed E-state index contributed by atoms with van der Waals surface area (Å²) in [6.07, 6.45) is 0. The van der Waals surface area contributed by atoms with Gasteiger partial charge in [0.15, 0.2) is 17.5 Å². The number of aromatic nitrogens is 4. The van der Waals surface area contributed by atoms with E-state index in [2.05, 4.69) is 162 Å². The molecule has 0 saturated carbocycles. The lowest BCUT2D eigenvalue weighted by Crippen LogP contribution is -2.00. The van der Waals surface area contributed by atoms with Crippen LogP contribution in [0.3, 0.4) is 0 Å². The van der Waals surface area contributed by atoms with E-state index in [0.717, 1.165) is 27.8 Å². The van der Waals surface area contributed by atoms with Crippen LogP contribution in [0.2, 0.25) is 0 Å². The van der Waals surface area contributed by atoms with Crippen LogP contribution in [0.25, 0.3) is 116 Å². The zero-order valence-corrected chi connectivity index (χ0v) is 33.1. The van der Waals surface area contributed by atoms with E-state index in [1.54, 1.807) is 0 Å². The summed E-state index contributed by atoms with van der Waals surface area (Å²) in [5, 5.41) is 9.67. The number of rotatable bonds is 6. The molecule has 0 bridgehead atoms. The topological polar surface area (TPSA) is 43.6 Å². The maximum absolute atomic E-state index is 5.09. The van der Waals surface area contributed by atoms with Crippen molar-refractivity contribution in [3.05, 3.63) is 218 Å². The highest BCUT2D eigenvalue weighted by atomic mass is 15.0. The first-order valence-electron chi connectivity index (χ1n) is 20.7. The number of hydrogen-bond acceptors (Lipinski definition) is 3. The Bertz CT molecular complexity index is 3560. The lowest BCUT2D eigenvalue weighted by Gasteiger charge is -2.16. The number of para-hydroxylation sites is 1. The summed E-state index contributed by atoms with van der Waals surface area (Å²) in [6.45, 7) is 0. The van der Waals surface area contributed by atoms with Crippen molar-refractivity contribution in [2.24, 2.45) is 0 Å². The van der Waals surface area contributed by atoms with Gasteiger partial charge >= 0.3 is 0 Å². The average molecular weight is 777 g/mol. The first-order valence-corrected chi connectivity index (χ1v) is 20.7. The fraction of sp³-hybridized carbons (Fsp3) is 0. The predicted molar refractivity (Wildman–Crippen MR) is 254 cm³/mol. The van der Waals surface area contributed by atoms with Gasteiger partial charge in [0.25, 0.3) is 0 Å². The molecular weight excluding hydrogens is 741 g/mol. The summed E-state index contributed by atoms with van der Waals surface area (Å²) in [4.78, 5) is 15.1. The fourth-order valence-electron chi connectivity index (χ4n) is 9.17. The molecule has 4 heteroatoms. The minimum Gasteiger partial charge on any atom is -0.309 e. The molecule has 284 valence electrons. The van der Waals surface area contributed by atoms with Crippen molar-refractivity contribution in [1.82, 2.24) is 19.5 Å². The van der Waals surface area contributed by atoms with Crippen LogP contribution in [0.5, 0.6) is 0 Å². The number of nitrogens with zero attached hydrogens (tertiary/aromatic N) is 4. The maximum atomic E-state index is 5.09. The average Bonchev–Trinajstić information content (AvgIpc) is 3.68. The summed E-state index contributed by atoms with van der Waals surface area (Å²) in [5.74, 6) is 1.94. The SMILES string of the molecule is c1ccc(-c2ccc(-n3c4ccccc4c4cc(-c5cccc6c7ccccc7c7cc(-c8nc(-c9ccccc9)nc(-c9ccccc9)n8)ccc7c56)ccc43)cc2)cc1. The van der Waals surface area contributed by atoms with E-state index in [-0.39, 0.29) is 0 Å². The largest absolute Gasteiger partial charge is 0.309 e. The van der Waals surface area contributed by atoms with E-state index in [9.17, 15) is 0 Å². The Morgan fingerprint density at radius 1 is 0.262 bits per heavy atom. The lowest BCUT2D eigenvalue weighted by atomic mass is 9.88. The van der Waals surface area contributed by atoms with E-state index < -0.39 is 0 Å². The molecule has 0 atom stereocenters. The van der Waals surface area contributed by atoms with Crippen LogP contribution in [0.1, 0.15) is 0 Å². The predicted octanol–water partition coefficient (Wildman–Crippen LogP) is 14.8. The molecule has 0 radical (unpaired) electrons. The molecule has 0 saturated heterocycles. The summed E-state index contributed by atoms with van der Waals surface area (Å²) in [7, 11) is 0. The van der Waals surface area contributed by atoms with E-state index in [1.807, 2.05) is 60.7 Å². The summed E-state index contributed by atoms with van der Waals surface area (Å²) in [5.41, 5.74) is 11.2. The zero-order chi connectivity index (χ0) is 40.3. The Morgan fingerprint density at radius 3 is 1.39 bits per heavy atom. The van der Waals surface area contributed by atoms with Crippen LogP contribution < -0.4 is 0 Å². The van der Waals surface area contributed by atoms with Gasteiger partial charge < -0.3 is 4.57 Å². The van der Waals surface area contributed by atoms with Crippen molar-refractivity contribution in [2.45, 2.75) is 0 Å². The quantitative estimate of drug-likeness (QED) is 0.158. The first kappa shape index (κ1) is 34.8. The highest BCUT2D eigenvalue weighted by Gasteiger charge is 2.19. The molecule has 0 unspecified atom stereocenters. The molecule has 12 rings (SSSR count). The molecule has 2 aromatic heterocycles. The molecule has 0 spiro atoms. The lowest BCUT2D eigenvalue weighted by molar-refractivity contribution is 1.07. The van der Waals surface area contributed by atoms with Crippen LogP contribution in [0.4, 0.5) is 0 Å². The Hall–Kier alpha value is -8.21. The van der Waals surface area contributed by atoms with Gasteiger partial charge in [0, 0.05) is 33.2 Å². The standard InChI is InChI=1S/C57H36N4/c1-4-15-37(16-5-1)38-27-31-43(32-28-38)61-52-26-13-12-23-47(52)51-35-41(30-34-53(51)61)44-24-14-25-48-45-21-10-11-22-46(45)50-36-42(29-33-49(50)54(44)48)57-59-55(39-17-6-2-7-18-39)58-56(60-57)40-19-8-3-9-20-40/h1-36H. The number of fused-ring (bicyclic) bond motifs is 9. The van der Waals surface area contributed by atoms with Gasteiger partial charge in [-0.15, -0.1) is 0 Å². The van der Waals surface area contributed by atoms with Gasteiger partial charge in [-0.1, -0.05) is 182 Å². The highest BCUT2D eigenvalue weighted by Crippen LogP contribution is 2.43. The second-order valence-electron chi connectivity index (χ2n) is 15.6. The highest BCUT2D eigenvalue weighted by molar-refractivity contribution is 6.29. The molecule has 12 aromatic rings. The fourth-order valence-corrected chi connectivity index (χ4v) is 9.17. The van der Waals surface area contributed by atoms with Gasteiger partial charge in [0.05, 0.1) is 11.0 Å². The van der Waals surface area contributed by atoms with Gasteiger partial charge in [-0.25, -0.2) is 15.0 Å².